The Labute approximate surface area is 152 Å². The Morgan fingerprint density at radius 2 is 2.27 bits per heavy atom. The highest BCUT2D eigenvalue weighted by Crippen LogP contribution is 2.40. The second kappa shape index (κ2) is 7.62. The standard InChI is InChI=1S/C18H27FN4O3/c19-5-9-22-7-3-18(4-8-22)17-20-6-10-23(17)13-15(26-18)16(24)21-12-14-2-1-11-25-14/h6,10,14-15H,1-5,7-9,11-13H2,(H,21,24)/t14-,15-/m0/s1. The van der Waals surface area contributed by atoms with Gasteiger partial charge in [0.25, 0.3) is 5.91 Å². The van der Waals surface area contributed by atoms with E-state index in [4.69, 9.17) is 9.47 Å². The average molecular weight is 366 g/mol. The van der Waals surface area contributed by atoms with Gasteiger partial charge in [-0.15, -0.1) is 0 Å². The van der Waals surface area contributed by atoms with Crippen molar-refractivity contribution in [2.24, 2.45) is 0 Å². The number of likely N-dealkylation sites (tertiary alicyclic amines) is 1. The van der Waals surface area contributed by atoms with Gasteiger partial charge in [-0.1, -0.05) is 0 Å². The number of halogens is 1. The van der Waals surface area contributed by atoms with Crippen molar-refractivity contribution >= 4 is 5.91 Å². The van der Waals surface area contributed by atoms with Crippen LogP contribution in [0.25, 0.3) is 0 Å². The molecule has 1 N–H and O–H groups in total. The van der Waals surface area contributed by atoms with Gasteiger partial charge in [-0.3, -0.25) is 4.79 Å². The van der Waals surface area contributed by atoms with Crippen LogP contribution in [0.4, 0.5) is 4.39 Å². The lowest BCUT2D eigenvalue weighted by Crippen LogP contribution is -2.54. The molecule has 26 heavy (non-hydrogen) atoms. The molecule has 0 aromatic carbocycles. The smallest absolute Gasteiger partial charge is 0.251 e. The van der Waals surface area contributed by atoms with Crippen LogP contribution in [-0.4, -0.2) is 72.0 Å². The van der Waals surface area contributed by atoms with Crippen molar-refractivity contribution in [2.75, 3.05) is 39.5 Å². The van der Waals surface area contributed by atoms with Gasteiger partial charge >= 0.3 is 0 Å². The lowest BCUT2D eigenvalue weighted by atomic mass is 9.88. The Morgan fingerprint density at radius 3 is 3.00 bits per heavy atom. The summed E-state index contributed by atoms with van der Waals surface area (Å²) in [7, 11) is 0. The molecule has 0 saturated carbocycles. The van der Waals surface area contributed by atoms with Crippen LogP contribution in [0.5, 0.6) is 0 Å². The second-order valence-corrected chi connectivity index (χ2v) is 7.41. The van der Waals surface area contributed by atoms with Gasteiger partial charge in [-0.25, -0.2) is 9.37 Å². The predicted molar refractivity (Wildman–Crippen MR) is 92.4 cm³/mol. The molecule has 144 valence electrons. The number of nitrogens with one attached hydrogen (secondary N) is 1. The van der Waals surface area contributed by atoms with Crippen LogP contribution >= 0.6 is 0 Å². The number of aromatic nitrogens is 2. The van der Waals surface area contributed by atoms with Gasteiger partial charge in [0.2, 0.25) is 0 Å². The summed E-state index contributed by atoms with van der Waals surface area (Å²) in [5.74, 6) is 0.797. The Morgan fingerprint density at radius 1 is 1.42 bits per heavy atom. The number of carbonyl (C=O) groups excluding carboxylic acids is 1. The monoisotopic (exact) mass is 366 g/mol. The van der Waals surface area contributed by atoms with Gasteiger partial charge in [0, 0.05) is 45.2 Å². The molecule has 0 radical (unpaired) electrons. The third-order valence-electron chi connectivity index (χ3n) is 5.74. The van der Waals surface area contributed by atoms with Crippen molar-refractivity contribution in [3.8, 4) is 0 Å². The summed E-state index contributed by atoms with van der Waals surface area (Å²) in [6.07, 6.45) is 6.74. The number of alkyl halides is 1. The summed E-state index contributed by atoms with van der Waals surface area (Å²) >= 11 is 0. The van der Waals surface area contributed by atoms with Crippen molar-refractivity contribution < 1.29 is 18.7 Å². The van der Waals surface area contributed by atoms with Gasteiger partial charge in [0.1, 0.15) is 18.1 Å². The molecule has 0 unspecified atom stereocenters. The molecule has 4 rings (SSSR count). The first-order valence-corrected chi connectivity index (χ1v) is 9.57. The van der Waals surface area contributed by atoms with Crippen molar-refractivity contribution in [1.29, 1.82) is 0 Å². The van der Waals surface area contributed by atoms with Crippen LogP contribution in [-0.2, 0) is 26.4 Å². The number of ether oxygens (including phenoxy) is 2. The molecule has 7 nitrogen and oxygen atoms in total. The fourth-order valence-corrected chi connectivity index (χ4v) is 4.27. The molecule has 2 saturated heterocycles. The maximum absolute atomic E-state index is 12.7. The number of imidazole rings is 1. The molecule has 2 atom stereocenters. The number of hydrogen-bond acceptors (Lipinski definition) is 5. The Kier molecular flexibility index (Phi) is 5.24. The number of nitrogens with zero attached hydrogens (tertiary/aromatic N) is 3. The first-order valence-electron chi connectivity index (χ1n) is 9.57. The van der Waals surface area contributed by atoms with E-state index < -0.39 is 11.7 Å². The molecular formula is C18H27FN4O3. The van der Waals surface area contributed by atoms with E-state index in [9.17, 15) is 9.18 Å². The van der Waals surface area contributed by atoms with Crippen molar-refractivity contribution in [3.63, 3.8) is 0 Å². The number of piperidine rings is 1. The molecule has 0 aliphatic carbocycles. The van der Waals surface area contributed by atoms with E-state index in [1.54, 1.807) is 6.20 Å². The normalized spacial score (nSPS) is 28.2. The highest BCUT2D eigenvalue weighted by atomic mass is 19.1. The number of carbonyl (C=O) groups is 1. The minimum Gasteiger partial charge on any atom is -0.376 e. The summed E-state index contributed by atoms with van der Waals surface area (Å²) < 4.78 is 26.6. The summed E-state index contributed by atoms with van der Waals surface area (Å²) in [6, 6.07) is 0. The number of hydrogen-bond donors (Lipinski definition) is 1. The van der Waals surface area contributed by atoms with E-state index in [1.807, 2.05) is 10.8 Å². The Balaban J connectivity index is 1.43. The molecule has 3 aliphatic heterocycles. The zero-order valence-electron chi connectivity index (χ0n) is 15.0. The van der Waals surface area contributed by atoms with Crippen LogP contribution in [0.2, 0.25) is 0 Å². The van der Waals surface area contributed by atoms with E-state index in [2.05, 4.69) is 15.2 Å². The van der Waals surface area contributed by atoms with Crippen LogP contribution in [0.1, 0.15) is 31.5 Å². The molecule has 1 amide bonds. The number of amides is 1. The van der Waals surface area contributed by atoms with E-state index in [0.29, 0.717) is 19.6 Å². The van der Waals surface area contributed by atoms with E-state index in [0.717, 1.165) is 51.2 Å². The largest absolute Gasteiger partial charge is 0.376 e. The zero-order valence-corrected chi connectivity index (χ0v) is 15.0. The Hall–Kier alpha value is -1.51. The third-order valence-corrected chi connectivity index (χ3v) is 5.74. The molecule has 2 fully saturated rings. The molecule has 8 heteroatoms. The molecule has 1 spiro atoms. The summed E-state index contributed by atoms with van der Waals surface area (Å²) in [4.78, 5) is 19.3. The van der Waals surface area contributed by atoms with Crippen LogP contribution in [0.15, 0.2) is 12.4 Å². The lowest BCUT2D eigenvalue weighted by Gasteiger charge is -2.45. The van der Waals surface area contributed by atoms with Gasteiger partial charge in [0.15, 0.2) is 6.10 Å². The fraction of sp³-hybridized carbons (Fsp3) is 0.778. The maximum Gasteiger partial charge on any atom is 0.251 e. The van der Waals surface area contributed by atoms with E-state index >= 15 is 0 Å². The SMILES string of the molecule is O=C(NC[C@@H]1CCCO1)[C@@H]1Cn2ccnc2C2(CCN(CCF)CC2)O1. The quantitative estimate of drug-likeness (QED) is 0.836. The predicted octanol–water partition coefficient (Wildman–Crippen LogP) is 0.838. The fourth-order valence-electron chi connectivity index (χ4n) is 4.27. The molecule has 1 aromatic heterocycles. The molecular weight excluding hydrogens is 339 g/mol. The third kappa shape index (κ3) is 3.50. The van der Waals surface area contributed by atoms with E-state index in [-0.39, 0.29) is 18.7 Å². The first-order chi connectivity index (χ1) is 12.7. The summed E-state index contributed by atoms with van der Waals surface area (Å²) in [5.41, 5.74) is -0.555. The van der Waals surface area contributed by atoms with Crippen LogP contribution < -0.4 is 5.32 Å². The topological polar surface area (TPSA) is 68.6 Å². The minimum absolute atomic E-state index is 0.0922. The second-order valence-electron chi connectivity index (χ2n) is 7.41. The molecule has 1 aromatic rings. The van der Waals surface area contributed by atoms with Crippen LogP contribution in [0.3, 0.4) is 0 Å². The molecule has 3 aliphatic rings. The van der Waals surface area contributed by atoms with Gasteiger partial charge in [-0.05, 0) is 25.7 Å². The molecule has 4 heterocycles. The van der Waals surface area contributed by atoms with Crippen molar-refractivity contribution in [1.82, 2.24) is 19.8 Å². The lowest BCUT2D eigenvalue weighted by molar-refractivity contribution is -0.173. The van der Waals surface area contributed by atoms with Crippen molar-refractivity contribution in [2.45, 2.75) is 50.0 Å². The van der Waals surface area contributed by atoms with Gasteiger partial charge < -0.3 is 24.3 Å². The number of fused-ring (bicyclic) bond motifs is 2. The first kappa shape index (κ1) is 17.9. The average Bonchev–Trinajstić information content (AvgIpc) is 3.33. The van der Waals surface area contributed by atoms with Gasteiger partial charge in [0.05, 0.1) is 12.6 Å². The van der Waals surface area contributed by atoms with Gasteiger partial charge in [-0.2, -0.15) is 0 Å². The van der Waals surface area contributed by atoms with Crippen molar-refractivity contribution in [3.05, 3.63) is 18.2 Å². The number of rotatable bonds is 5. The summed E-state index contributed by atoms with van der Waals surface area (Å²) in [6.45, 7) is 3.40. The highest BCUT2D eigenvalue weighted by molar-refractivity contribution is 5.81. The van der Waals surface area contributed by atoms with Crippen LogP contribution in [0, 0.1) is 0 Å². The zero-order chi connectivity index (χ0) is 18.0. The minimum atomic E-state index is -0.555. The Bertz CT molecular complexity index is 624. The molecule has 0 bridgehead atoms. The maximum atomic E-state index is 12.7. The summed E-state index contributed by atoms with van der Waals surface area (Å²) in [5, 5.41) is 2.99. The highest BCUT2D eigenvalue weighted by Gasteiger charge is 2.47. The van der Waals surface area contributed by atoms with E-state index in [1.165, 1.54) is 0 Å².